The number of nitrogens with one attached hydrogen (secondary N) is 3. The summed E-state index contributed by atoms with van der Waals surface area (Å²) in [6.45, 7) is 6.79. The fourth-order valence-electron chi connectivity index (χ4n) is 3.75. The summed E-state index contributed by atoms with van der Waals surface area (Å²) in [6, 6.07) is 8.79. The molecule has 1 aromatic carbocycles. The first-order valence-corrected chi connectivity index (χ1v) is 10.9. The van der Waals surface area contributed by atoms with E-state index in [0.29, 0.717) is 12.6 Å². The van der Waals surface area contributed by atoms with Gasteiger partial charge < -0.3 is 20.7 Å². The van der Waals surface area contributed by atoms with Crippen LogP contribution in [0.25, 0.3) is 0 Å². The van der Waals surface area contributed by atoms with E-state index in [1.807, 2.05) is 18.2 Å². The van der Waals surface area contributed by atoms with Crippen LogP contribution in [0.1, 0.15) is 64.9 Å². The molecule has 0 aliphatic heterocycles. The number of amides is 1. The van der Waals surface area contributed by atoms with Crippen molar-refractivity contribution < 1.29 is 9.53 Å². The molecule has 6 nitrogen and oxygen atoms in total. The second-order valence-corrected chi connectivity index (χ2v) is 9.24. The summed E-state index contributed by atoms with van der Waals surface area (Å²) >= 11 is 0. The summed E-state index contributed by atoms with van der Waals surface area (Å²) in [6.07, 6.45) is 6.26. The molecule has 2 atom stereocenters. The highest BCUT2D eigenvalue weighted by Crippen LogP contribution is 2.27. The Balaban J connectivity index is 0.00000320. The molecule has 1 amide bonds. The van der Waals surface area contributed by atoms with Crippen LogP contribution in [0.3, 0.4) is 0 Å². The summed E-state index contributed by atoms with van der Waals surface area (Å²) in [5.74, 6) is 2.00. The number of carbonyl (C=O) groups excluding carboxylic acids is 1. The molecular weight excluding hydrogens is 491 g/mol. The lowest BCUT2D eigenvalue weighted by Gasteiger charge is -2.30. The van der Waals surface area contributed by atoms with Crippen LogP contribution in [0.2, 0.25) is 0 Å². The van der Waals surface area contributed by atoms with Crippen LogP contribution in [-0.2, 0) is 11.3 Å². The molecule has 2 aliphatic rings. The van der Waals surface area contributed by atoms with Crippen molar-refractivity contribution in [2.45, 2.75) is 83.5 Å². The van der Waals surface area contributed by atoms with Crippen molar-refractivity contribution in [1.29, 1.82) is 0 Å². The minimum absolute atomic E-state index is 0. The van der Waals surface area contributed by atoms with Crippen molar-refractivity contribution in [3.05, 3.63) is 29.8 Å². The van der Waals surface area contributed by atoms with Gasteiger partial charge in [0.25, 0.3) is 0 Å². The van der Waals surface area contributed by atoms with Gasteiger partial charge in [-0.2, -0.15) is 0 Å². The van der Waals surface area contributed by atoms with E-state index in [2.05, 4.69) is 47.8 Å². The molecular formula is C23H37IN4O2. The third-order valence-corrected chi connectivity index (χ3v) is 5.37. The highest BCUT2D eigenvalue weighted by atomic mass is 127. The average Bonchev–Trinajstić information content (AvgIpc) is 3.49. The second kappa shape index (κ2) is 11.2. The van der Waals surface area contributed by atoms with Crippen LogP contribution in [0.5, 0.6) is 5.75 Å². The van der Waals surface area contributed by atoms with Gasteiger partial charge in [0.1, 0.15) is 11.4 Å². The molecule has 3 N–H and O–H groups in total. The first-order chi connectivity index (χ1) is 13.8. The quantitative estimate of drug-likeness (QED) is 0.297. The summed E-state index contributed by atoms with van der Waals surface area (Å²) < 4.78 is 6.08. The summed E-state index contributed by atoms with van der Waals surface area (Å²) in [7, 11) is 1.78. The molecule has 0 aromatic heterocycles. The predicted molar refractivity (Wildman–Crippen MR) is 132 cm³/mol. The fourth-order valence-corrected chi connectivity index (χ4v) is 3.75. The van der Waals surface area contributed by atoms with Gasteiger partial charge in [0.2, 0.25) is 5.91 Å². The zero-order chi connectivity index (χ0) is 20.9. The van der Waals surface area contributed by atoms with Crippen LogP contribution in [0, 0.1) is 5.92 Å². The number of para-hydroxylation sites is 1. The van der Waals surface area contributed by atoms with Crippen molar-refractivity contribution in [3.8, 4) is 5.75 Å². The van der Waals surface area contributed by atoms with Gasteiger partial charge in [-0.25, -0.2) is 0 Å². The molecule has 3 rings (SSSR count). The fraction of sp³-hybridized carbons (Fsp3) is 0.652. The normalized spacial score (nSPS) is 21.9. The van der Waals surface area contributed by atoms with Crippen LogP contribution >= 0.6 is 24.0 Å². The van der Waals surface area contributed by atoms with Gasteiger partial charge in [-0.3, -0.25) is 9.79 Å². The van der Waals surface area contributed by atoms with Crippen molar-refractivity contribution >= 4 is 35.8 Å². The number of rotatable bonds is 6. The van der Waals surface area contributed by atoms with E-state index < -0.39 is 0 Å². The maximum atomic E-state index is 12.4. The van der Waals surface area contributed by atoms with Gasteiger partial charge in [-0.1, -0.05) is 24.6 Å². The smallest absolute Gasteiger partial charge is 0.223 e. The number of carbonyl (C=O) groups is 1. The highest BCUT2D eigenvalue weighted by Gasteiger charge is 2.31. The maximum Gasteiger partial charge on any atom is 0.223 e. The Morgan fingerprint density at radius 1 is 1.10 bits per heavy atom. The summed E-state index contributed by atoms with van der Waals surface area (Å²) in [5, 5.41) is 10.1. The number of benzene rings is 1. The van der Waals surface area contributed by atoms with Crippen molar-refractivity contribution in [3.63, 3.8) is 0 Å². The Morgan fingerprint density at radius 3 is 2.50 bits per heavy atom. The lowest BCUT2D eigenvalue weighted by atomic mass is 9.85. The molecule has 0 saturated heterocycles. The average molecular weight is 528 g/mol. The molecule has 2 fully saturated rings. The zero-order valence-corrected chi connectivity index (χ0v) is 21.0. The SMILES string of the molecule is CN=C(NCc1ccccc1OC(C)(C)C)NC1CCCC(C(=O)NC2CC2)C1.I. The molecule has 30 heavy (non-hydrogen) atoms. The molecule has 0 spiro atoms. The summed E-state index contributed by atoms with van der Waals surface area (Å²) in [4.78, 5) is 16.8. The number of halogens is 1. The lowest BCUT2D eigenvalue weighted by Crippen LogP contribution is -2.47. The van der Waals surface area contributed by atoms with E-state index >= 15 is 0 Å². The van der Waals surface area contributed by atoms with E-state index in [-0.39, 0.29) is 47.4 Å². The molecule has 168 valence electrons. The van der Waals surface area contributed by atoms with E-state index in [9.17, 15) is 4.79 Å². The maximum absolute atomic E-state index is 12.4. The number of aliphatic imine (C=N–C) groups is 1. The predicted octanol–water partition coefficient (Wildman–Crippen LogP) is 3.98. The second-order valence-electron chi connectivity index (χ2n) is 9.24. The van der Waals surface area contributed by atoms with Gasteiger partial charge in [0.15, 0.2) is 5.96 Å². The van der Waals surface area contributed by atoms with Gasteiger partial charge in [0.05, 0.1) is 0 Å². The molecule has 1 aromatic rings. The Kier molecular flexibility index (Phi) is 9.25. The van der Waals surface area contributed by atoms with Gasteiger partial charge in [-0.05, 0) is 58.9 Å². The molecule has 0 radical (unpaired) electrons. The van der Waals surface area contributed by atoms with E-state index in [4.69, 9.17) is 4.74 Å². The molecule has 0 heterocycles. The topological polar surface area (TPSA) is 74.8 Å². The van der Waals surface area contributed by atoms with Crippen molar-refractivity contribution in [2.75, 3.05) is 7.05 Å². The Morgan fingerprint density at radius 2 is 1.83 bits per heavy atom. The van der Waals surface area contributed by atoms with Crippen molar-refractivity contribution in [2.24, 2.45) is 10.9 Å². The number of hydrogen-bond acceptors (Lipinski definition) is 3. The Bertz CT molecular complexity index is 728. The lowest BCUT2D eigenvalue weighted by molar-refractivity contribution is -0.126. The van der Waals surface area contributed by atoms with E-state index in [1.54, 1.807) is 7.05 Å². The Hall–Kier alpha value is -1.51. The first-order valence-electron chi connectivity index (χ1n) is 10.9. The van der Waals surface area contributed by atoms with Crippen LogP contribution < -0.4 is 20.7 Å². The molecule has 2 aliphatic carbocycles. The standard InChI is InChI=1S/C23H36N4O2.HI/c1-23(2,3)29-20-11-6-5-8-17(20)15-25-22(24-4)27-19-10-7-9-16(14-19)21(28)26-18-12-13-18;/h5-6,8,11,16,18-19H,7,9-10,12-15H2,1-4H3,(H,26,28)(H2,24,25,27);1H. The van der Waals surface area contributed by atoms with Crippen LogP contribution in [0.4, 0.5) is 0 Å². The third kappa shape index (κ3) is 7.96. The Labute approximate surface area is 198 Å². The zero-order valence-electron chi connectivity index (χ0n) is 18.7. The number of nitrogens with zero attached hydrogens (tertiary/aromatic N) is 1. The van der Waals surface area contributed by atoms with Gasteiger partial charge in [0, 0.05) is 37.2 Å². The number of hydrogen-bond donors (Lipinski definition) is 3. The van der Waals surface area contributed by atoms with Crippen molar-refractivity contribution in [1.82, 2.24) is 16.0 Å². The number of guanidine groups is 1. The molecule has 2 unspecified atom stereocenters. The monoisotopic (exact) mass is 528 g/mol. The minimum Gasteiger partial charge on any atom is -0.488 e. The number of ether oxygens (including phenoxy) is 1. The van der Waals surface area contributed by atoms with Gasteiger partial charge in [-0.15, -0.1) is 24.0 Å². The molecule has 2 saturated carbocycles. The minimum atomic E-state index is -0.242. The highest BCUT2D eigenvalue weighted by molar-refractivity contribution is 14.0. The van der Waals surface area contributed by atoms with Crippen LogP contribution in [-0.4, -0.2) is 36.6 Å². The first kappa shape index (κ1) is 24.8. The largest absolute Gasteiger partial charge is 0.488 e. The third-order valence-electron chi connectivity index (χ3n) is 5.37. The summed E-state index contributed by atoms with van der Waals surface area (Å²) in [5.41, 5.74) is 0.851. The molecule has 0 bridgehead atoms. The van der Waals surface area contributed by atoms with E-state index in [0.717, 1.165) is 55.8 Å². The molecule has 7 heteroatoms. The van der Waals surface area contributed by atoms with E-state index in [1.165, 1.54) is 0 Å². The van der Waals surface area contributed by atoms with Gasteiger partial charge >= 0.3 is 0 Å². The van der Waals surface area contributed by atoms with Crippen LogP contribution in [0.15, 0.2) is 29.3 Å².